The number of hydrogen-bond donors (Lipinski definition) is 2. The normalized spacial score (nSPS) is 10.6. The zero-order valence-electron chi connectivity index (χ0n) is 10.3. The van der Waals surface area contributed by atoms with Crippen LogP contribution in [0, 0.1) is 0 Å². The standard InChI is InChI=1S/C14H17NO2S/c1-18-10-14-7-6-13(17-14)8-15-12-4-2-11(9-16)3-5-12/h2-7,15-16H,8-10H2,1H3. The maximum absolute atomic E-state index is 8.95. The largest absolute Gasteiger partial charge is 0.463 e. The molecule has 1 heterocycles. The third-order valence-electron chi connectivity index (χ3n) is 2.61. The van der Waals surface area contributed by atoms with Crippen molar-refractivity contribution in [2.45, 2.75) is 18.9 Å². The second kappa shape index (κ2) is 6.52. The van der Waals surface area contributed by atoms with Gasteiger partial charge in [0.1, 0.15) is 11.5 Å². The highest BCUT2D eigenvalue weighted by atomic mass is 32.2. The molecule has 1 aromatic carbocycles. The average Bonchev–Trinajstić information content (AvgIpc) is 2.85. The summed E-state index contributed by atoms with van der Waals surface area (Å²) >= 11 is 1.75. The lowest BCUT2D eigenvalue weighted by atomic mass is 10.2. The van der Waals surface area contributed by atoms with E-state index in [1.807, 2.05) is 36.4 Å². The fraction of sp³-hybridized carbons (Fsp3) is 0.286. The topological polar surface area (TPSA) is 45.4 Å². The van der Waals surface area contributed by atoms with E-state index in [1.165, 1.54) is 0 Å². The van der Waals surface area contributed by atoms with Crippen LogP contribution < -0.4 is 5.32 Å². The van der Waals surface area contributed by atoms with Gasteiger partial charge in [0.05, 0.1) is 18.9 Å². The van der Waals surface area contributed by atoms with Crippen molar-refractivity contribution in [2.75, 3.05) is 11.6 Å². The molecule has 0 aliphatic carbocycles. The van der Waals surface area contributed by atoms with Crippen LogP contribution in [0.1, 0.15) is 17.1 Å². The number of nitrogens with one attached hydrogen (secondary N) is 1. The number of furan rings is 1. The zero-order valence-corrected chi connectivity index (χ0v) is 11.2. The van der Waals surface area contributed by atoms with Gasteiger partial charge in [-0.15, -0.1) is 0 Å². The number of thioether (sulfide) groups is 1. The molecule has 0 saturated heterocycles. The van der Waals surface area contributed by atoms with E-state index in [1.54, 1.807) is 11.8 Å². The summed E-state index contributed by atoms with van der Waals surface area (Å²) in [5.41, 5.74) is 1.94. The molecule has 0 unspecified atom stereocenters. The van der Waals surface area contributed by atoms with E-state index in [9.17, 15) is 0 Å². The van der Waals surface area contributed by atoms with Crippen LogP contribution in [-0.4, -0.2) is 11.4 Å². The van der Waals surface area contributed by atoms with Gasteiger partial charge in [-0.3, -0.25) is 0 Å². The van der Waals surface area contributed by atoms with E-state index in [2.05, 4.69) is 11.6 Å². The highest BCUT2D eigenvalue weighted by Crippen LogP contribution is 2.15. The Morgan fingerprint density at radius 3 is 2.50 bits per heavy atom. The fourth-order valence-corrected chi connectivity index (χ4v) is 2.09. The van der Waals surface area contributed by atoms with E-state index in [4.69, 9.17) is 9.52 Å². The lowest BCUT2D eigenvalue weighted by molar-refractivity contribution is 0.282. The summed E-state index contributed by atoms with van der Waals surface area (Å²) in [5.74, 6) is 2.85. The van der Waals surface area contributed by atoms with Crippen molar-refractivity contribution < 1.29 is 9.52 Å². The van der Waals surface area contributed by atoms with Gasteiger partial charge in [-0.05, 0) is 36.1 Å². The molecule has 0 radical (unpaired) electrons. The summed E-state index contributed by atoms with van der Waals surface area (Å²) < 4.78 is 5.67. The van der Waals surface area contributed by atoms with E-state index in [0.717, 1.165) is 28.5 Å². The lowest BCUT2D eigenvalue weighted by Gasteiger charge is -2.05. The van der Waals surface area contributed by atoms with Crippen LogP contribution in [0.25, 0.3) is 0 Å². The first kappa shape index (κ1) is 13.1. The van der Waals surface area contributed by atoms with Crippen LogP contribution in [0.4, 0.5) is 5.69 Å². The fourth-order valence-electron chi connectivity index (χ4n) is 1.65. The molecule has 3 nitrogen and oxygen atoms in total. The molecule has 96 valence electrons. The molecule has 2 aromatic rings. The zero-order chi connectivity index (χ0) is 12.8. The van der Waals surface area contributed by atoms with E-state index in [-0.39, 0.29) is 6.61 Å². The second-order valence-electron chi connectivity index (χ2n) is 4.01. The van der Waals surface area contributed by atoms with E-state index >= 15 is 0 Å². The Bertz CT molecular complexity index is 479. The van der Waals surface area contributed by atoms with Crippen molar-refractivity contribution in [1.82, 2.24) is 0 Å². The van der Waals surface area contributed by atoms with Gasteiger partial charge in [0, 0.05) is 5.69 Å². The number of anilines is 1. The molecule has 0 saturated carbocycles. The Kier molecular flexibility index (Phi) is 4.73. The SMILES string of the molecule is CSCc1ccc(CNc2ccc(CO)cc2)o1. The van der Waals surface area contributed by atoms with E-state index < -0.39 is 0 Å². The molecule has 0 amide bonds. The molecule has 2 N–H and O–H groups in total. The molecule has 1 aromatic heterocycles. The summed E-state index contributed by atoms with van der Waals surface area (Å²) in [5, 5.41) is 12.2. The number of rotatable bonds is 6. The highest BCUT2D eigenvalue weighted by molar-refractivity contribution is 7.97. The molecule has 0 aliphatic heterocycles. The number of aliphatic hydroxyl groups is 1. The van der Waals surface area contributed by atoms with Crippen LogP contribution >= 0.6 is 11.8 Å². The summed E-state index contributed by atoms with van der Waals surface area (Å²) in [6.45, 7) is 0.753. The maximum Gasteiger partial charge on any atom is 0.123 e. The lowest BCUT2D eigenvalue weighted by Crippen LogP contribution is -1.98. The number of aliphatic hydroxyl groups excluding tert-OH is 1. The predicted octanol–water partition coefficient (Wildman–Crippen LogP) is 3.25. The second-order valence-corrected chi connectivity index (χ2v) is 4.88. The molecular formula is C14H17NO2S. The summed E-state index contributed by atoms with van der Waals surface area (Å²) in [6.07, 6.45) is 2.06. The average molecular weight is 263 g/mol. The molecule has 0 atom stereocenters. The Labute approximate surface area is 111 Å². The van der Waals surface area contributed by atoms with Crippen molar-refractivity contribution in [2.24, 2.45) is 0 Å². The van der Waals surface area contributed by atoms with Crippen molar-refractivity contribution in [3.63, 3.8) is 0 Å². The van der Waals surface area contributed by atoms with Crippen molar-refractivity contribution in [3.8, 4) is 0 Å². The Balaban J connectivity index is 1.89. The molecule has 4 heteroatoms. The summed E-state index contributed by atoms with van der Waals surface area (Å²) in [7, 11) is 0. The van der Waals surface area contributed by atoms with Crippen LogP contribution in [0.5, 0.6) is 0 Å². The molecule has 2 rings (SSSR count). The van der Waals surface area contributed by atoms with Gasteiger partial charge in [0.15, 0.2) is 0 Å². The van der Waals surface area contributed by atoms with Crippen LogP contribution in [-0.2, 0) is 18.9 Å². The van der Waals surface area contributed by atoms with Crippen molar-refractivity contribution in [1.29, 1.82) is 0 Å². The van der Waals surface area contributed by atoms with Crippen molar-refractivity contribution in [3.05, 3.63) is 53.5 Å². The van der Waals surface area contributed by atoms with Gasteiger partial charge in [0.2, 0.25) is 0 Å². The molecular weight excluding hydrogens is 246 g/mol. The first-order valence-corrected chi connectivity index (χ1v) is 7.21. The summed E-state index contributed by atoms with van der Waals surface area (Å²) in [4.78, 5) is 0. The molecule has 0 spiro atoms. The molecule has 0 bridgehead atoms. The molecule has 0 fully saturated rings. The monoisotopic (exact) mass is 263 g/mol. The van der Waals surface area contributed by atoms with Crippen LogP contribution in [0.2, 0.25) is 0 Å². The van der Waals surface area contributed by atoms with Crippen LogP contribution in [0.3, 0.4) is 0 Å². The Hall–Kier alpha value is -1.39. The van der Waals surface area contributed by atoms with Crippen LogP contribution in [0.15, 0.2) is 40.8 Å². The third kappa shape index (κ3) is 3.55. The quantitative estimate of drug-likeness (QED) is 0.840. The number of hydrogen-bond acceptors (Lipinski definition) is 4. The molecule has 0 aliphatic rings. The minimum absolute atomic E-state index is 0.0799. The van der Waals surface area contributed by atoms with Gasteiger partial charge in [-0.25, -0.2) is 0 Å². The highest BCUT2D eigenvalue weighted by Gasteiger charge is 2.01. The minimum Gasteiger partial charge on any atom is -0.463 e. The van der Waals surface area contributed by atoms with Crippen molar-refractivity contribution >= 4 is 17.4 Å². The maximum atomic E-state index is 8.95. The van der Waals surface area contributed by atoms with Gasteiger partial charge in [-0.1, -0.05) is 12.1 Å². The first-order chi connectivity index (χ1) is 8.81. The van der Waals surface area contributed by atoms with Gasteiger partial charge >= 0.3 is 0 Å². The Morgan fingerprint density at radius 1 is 1.11 bits per heavy atom. The van der Waals surface area contributed by atoms with E-state index in [0.29, 0.717) is 6.54 Å². The minimum atomic E-state index is 0.0799. The Morgan fingerprint density at radius 2 is 1.83 bits per heavy atom. The predicted molar refractivity (Wildman–Crippen MR) is 75.6 cm³/mol. The summed E-state index contributed by atoms with van der Waals surface area (Å²) in [6, 6.07) is 11.7. The third-order valence-corrected chi connectivity index (χ3v) is 3.18. The van der Waals surface area contributed by atoms with Gasteiger partial charge < -0.3 is 14.8 Å². The van der Waals surface area contributed by atoms with Gasteiger partial charge in [0.25, 0.3) is 0 Å². The first-order valence-electron chi connectivity index (χ1n) is 5.82. The van der Waals surface area contributed by atoms with Gasteiger partial charge in [-0.2, -0.15) is 11.8 Å². The molecule has 18 heavy (non-hydrogen) atoms. The number of benzene rings is 1. The smallest absolute Gasteiger partial charge is 0.123 e.